The van der Waals surface area contributed by atoms with E-state index in [0.717, 1.165) is 45.2 Å². The molecule has 272 valence electrons. The van der Waals surface area contributed by atoms with Crippen molar-refractivity contribution in [2.75, 3.05) is 9.80 Å². The maximum Gasteiger partial charge on any atom is 0.227 e. The Morgan fingerprint density at radius 3 is 1.93 bits per heavy atom. The van der Waals surface area contributed by atoms with Gasteiger partial charge in [-0.15, -0.1) is 11.3 Å². The average molecular weight is 752 g/mol. The minimum atomic E-state index is -0.151. The third kappa shape index (κ3) is 5.38. The number of fused-ring (bicyclic) bond motifs is 7. The summed E-state index contributed by atoms with van der Waals surface area (Å²) >= 11 is 1.83. The number of anilines is 6. The van der Waals surface area contributed by atoms with Gasteiger partial charge in [0.15, 0.2) is 5.58 Å². The van der Waals surface area contributed by atoms with E-state index in [0.29, 0.717) is 11.5 Å². The summed E-state index contributed by atoms with van der Waals surface area (Å²) in [6.45, 7) is 4.68. The fourth-order valence-corrected chi connectivity index (χ4v) is 9.96. The molecule has 0 unspecified atom stereocenters. The monoisotopic (exact) mass is 751 g/mol. The second-order valence-electron chi connectivity index (χ2n) is 15.2. The van der Waals surface area contributed by atoms with Crippen LogP contribution in [0.2, 0.25) is 0 Å². The van der Waals surface area contributed by atoms with Crippen LogP contribution in [0.5, 0.6) is 0 Å². The molecule has 8 aromatic carbocycles. The molecule has 0 bridgehead atoms. The Bertz CT molecular complexity index is 3110. The first-order valence-corrected chi connectivity index (χ1v) is 20.2. The Labute approximate surface area is 335 Å². The molecule has 4 nitrogen and oxygen atoms in total. The topological polar surface area (TPSA) is 32.5 Å². The van der Waals surface area contributed by atoms with Gasteiger partial charge in [0.05, 0.1) is 21.8 Å². The van der Waals surface area contributed by atoms with Crippen molar-refractivity contribution in [3.8, 4) is 22.6 Å². The van der Waals surface area contributed by atoms with Crippen LogP contribution in [0.3, 0.4) is 0 Å². The number of benzene rings is 8. The molecule has 0 atom stereocenters. The zero-order valence-corrected chi connectivity index (χ0v) is 32.4. The maximum absolute atomic E-state index is 6.80. The van der Waals surface area contributed by atoms with Crippen molar-refractivity contribution in [3.05, 3.63) is 199 Å². The van der Waals surface area contributed by atoms with E-state index in [1.165, 1.54) is 42.4 Å². The van der Waals surface area contributed by atoms with Gasteiger partial charge in [-0.25, -0.2) is 4.98 Å². The summed E-state index contributed by atoms with van der Waals surface area (Å²) < 4.78 is 9.28. The van der Waals surface area contributed by atoms with E-state index in [9.17, 15) is 0 Å². The molecule has 11 rings (SSSR count). The van der Waals surface area contributed by atoms with Crippen molar-refractivity contribution in [1.82, 2.24) is 4.98 Å². The van der Waals surface area contributed by atoms with Crippen molar-refractivity contribution in [3.63, 3.8) is 0 Å². The summed E-state index contributed by atoms with van der Waals surface area (Å²) in [5.41, 5.74) is 13.7. The van der Waals surface area contributed by atoms with Gasteiger partial charge in [-0.05, 0) is 89.0 Å². The minimum absolute atomic E-state index is 0.151. The highest BCUT2D eigenvalue weighted by atomic mass is 32.1. The molecule has 0 spiro atoms. The molecule has 1 aliphatic rings. The van der Waals surface area contributed by atoms with E-state index in [1.807, 2.05) is 29.5 Å². The van der Waals surface area contributed by atoms with Gasteiger partial charge >= 0.3 is 0 Å². The van der Waals surface area contributed by atoms with Crippen LogP contribution in [-0.2, 0) is 5.41 Å². The highest BCUT2D eigenvalue weighted by Gasteiger charge is 2.36. The van der Waals surface area contributed by atoms with E-state index < -0.39 is 0 Å². The molecule has 0 saturated heterocycles. The Hall–Kier alpha value is -6.95. The molecule has 2 aromatic heterocycles. The first-order valence-electron chi connectivity index (χ1n) is 19.4. The second kappa shape index (κ2) is 13.1. The highest BCUT2D eigenvalue weighted by Crippen LogP contribution is 2.52. The van der Waals surface area contributed by atoms with E-state index in [4.69, 9.17) is 9.40 Å². The number of aromatic nitrogens is 1. The quantitative estimate of drug-likeness (QED) is 0.162. The smallest absolute Gasteiger partial charge is 0.227 e. The summed E-state index contributed by atoms with van der Waals surface area (Å²) in [5.74, 6) is 0.584. The number of nitrogens with zero attached hydrogens (tertiary/aromatic N) is 3. The van der Waals surface area contributed by atoms with Crippen LogP contribution in [0.4, 0.5) is 34.1 Å². The van der Waals surface area contributed by atoms with Crippen LogP contribution in [0.1, 0.15) is 25.0 Å². The number of thiophene rings is 1. The molecule has 1 aliphatic carbocycles. The van der Waals surface area contributed by atoms with Gasteiger partial charge in [0.25, 0.3) is 0 Å². The molecular weight excluding hydrogens is 715 g/mol. The van der Waals surface area contributed by atoms with Gasteiger partial charge in [0.2, 0.25) is 5.89 Å². The predicted octanol–water partition coefficient (Wildman–Crippen LogP) is 15.1. The summed E-state index contributed by atoms with van der Waals surface area (Å²) in [6, 6.07) is 67.0. The average Bonchev–Trinajstić information content (AvgIpc) is 3.93. The Morgan fingerprint density at radius 1 is 0.491 bits per heavy atom. The van der Waals surface area contributed by atoms with Gasteiger partial charge in [-0.3, -0.25) is 0 Å². The molecule has 0 aliphatic heterocycles. The van der Waals surface area contributed by atoms with Crippen LogP contribution in [0.25, 0.3) is 53.9 Å². The lowest BCUT2D eigenvalue weighted by molar-refractivity contribution is 0.620. The molecule has 10 aromatic rings. The largest absolute Gasteiger partial charge is 0.436 e. The minimum Gasteiger partial charge on any atom is -0.436 e. The number of para-hydroxylation sites is 2. The molecule has 57 heavy (non-hydrogen) atoms. The van der Waals surface area contributed by atoms with Crippen LogP contribution in [0.15, 0.2) is 192 Å². The lowest BCUT2D eigenvalue weighted by atomic mass is 9.82. The molecular formula is C52H37N3OS. The zero-order chi connectivity index (χ0) is 38.1. The van der Waals surface area contributed by atoms with Gasteiger partial charge < -0.3 is 14.2 Å². The van der Waals surface area contributed by atoms with Crippen LogP contribution < -0.4 is 9.80 Å². The summed E-state index contributed by atoms with van der Waals surface area (Å²) in [5, 5.41) is 2.50. The molecule has 0 N–H and O–H groups in total. The molecule has 0 amide bonds. The van der Waals surface area contributed by atoms with Crippen molar-refractivity contribution in [2.24, 2.45) is 0 Å². The van der Waals surface area contributed by atoms with Crippen molar-refractivity contribution < 1.29 is 4.42 Å². The molecule has 5 heteroatoms. The highest BCUT2D eigenvalue weighted by molar-refractivity contribution is 7.26. The van der Waals surface area contributed by atoms with Gasteiger partial charge in [-0.1, -0.05) is 129 Å². The molecule has 0 radical (unpaired) electrons. The van der Waals surface area contributed by atoms with Crippen molar-refractivity contribution >= 4 is 76.7 Å². The molecule has 0 saturated carbocycles. The SMILES string of the molecule is CC1(C)c2ccccc2-c2ccc(N(c3ccccc3)c3cc(N(c4ccccc4)c4cccc5c4sc4ccccc45)c4nc(-c5ccccc5)oc4c3)cc21. The Morgan fingerprint density at radius 2 is 1.14 bits per heavy atom. The standard InChI is InChI=1S/C52H37N3OS/c1-52(2)43-26-14-12-23-39(43)40-30-29-37(31-44(40)52)54(35-19-8-4-9-20-35)38-32-46(49-47(33-38)56-51(53-49)34-17-6-3-7-18-34)55(36-21-10-5-11-22-36)45-27-16-25-42-41-24-13-15-28-48(41)57-50(42)45/h3-33H,1-2H3. The fraction of sp³-hybridized carbons (Fsp3) is 0.0577. The van der Waals surface area contributed by atoms with Gasteiger partial charge in [0, 0.05) is 49.6 Å². The van der Waals surface area contributed by atoms with Gasteiger partial charge in [0.1, 0.15) is 5.52 Å². The lowest BCUT2D eigenvalue weighted by Crippen LogP contribution is -2.17. The first-order chi connectivity index (χ1) is 28.0. The normalized spacial score (nSPS) is 12.9. The number of hydrogen-bond donors (Lipinski definition) is 0. The first kappa shape index (κ1) is 33.4. The maximum atomic E-state index is 6.80. The second-order valence-corrected chi connectivity index (χ2v) is 16.2. The van der Waals surface area contributed by atoms with Crippen LogP contribution in [-0.4, -0.2) is 4.98 Å². The summed E-state index contributed by atoms with van der Waals surface area (Å²) in [4.78, 5) is 10.0. The van der Waals surface area contributed by atoms with Crippen LogP contribution in [0, 0.1) is 0 Å². The summed E-state index contributed by atoms with van der Waals surface area (Å²) in [7, 11) is 0. The van der Waals surface area contributed by atoms with E-state index in [-0.39, 0.29) is 5.41 Å². The van der Waals surface area contributed by atoms with Crippen LogP contribution >= 0.6 is 11.3 Å². The number of rotatable bonds is 7. The van der Waals surface area contributed by atoms with Crippen molar-refractivity contribution in [1.29, 1.82) is 0 Å². The van der Waals surface area contributed by atoms with Gasteiger partial charge in [-0.2, -0.15) is 0 Å². The number of oxazole rings is 1. The van der Waals surface area contributed by atoms with E-state index >= 15 is 0 Å². The summed E-state index contributed by atoms with van der Waals surface area (Å²) in [6.07, 6.45) is 0. The number of hydrogen-bond acceptors (Lipinski definition) is 5. The van der Waals surface area contributed by atoms with E-state index in [1.54, 1.807) is 0 Å². The van der Waals surface area contributed by atoms with E-state index in [2.05, 4.69) is 194 Å². The fourth-order valence-electron chi connectivity index (χ4n) is 8.75. The lowest BCUT2D eigenvalue weighted by Gasteiger charge is -2.30. The van der Waals surface area contributed by atoms with Crippen molar-refractivity contribution in [2.45, 2.75) is 19.3 Å². The zero-order valence-electron chi connectivity index (χ0n) is 31.6. The Kier molecular flexibility index (Phi) is 7.66. The predicted molar refractivity (Wildman–Crippen MR) is 239 cm³/mol. The third-order valence-corrected chi connectivity index (χ3v) is 12.7. The third-order valence-electron chi connectivity index (χ3n) is 11.5. The Balaban J connectivity index is 1.19. The molecule has 0 fully saturated rings. The molecule has 2 heterocycles.